The second-order valence-corrected chi connectivity index (χ2v) is 7.99. The summed E-state index contributed by atoms with van der Waals surface area (Å²) in [6.07, 6.45) is 5.62. The van der Waals surface area contributed by atoms with Gasteiger partial charge in [0.15, 0.2) is 0 Å². The SMILES string of the molecule is O=C(Nc1cccc(Cl)c1C(F)(F)F)N(C1CCCCC1)C1CCCCC1. The predicted octanol–water partition coefficient (Wildman–Crippen LogP) is 6.86. The largest absolute Gasteiger partial charge is 0.419 e. The third kappa shape index (κ3) is 4.89. The number of rotatable bonds is 3. The standard InChI is InChI=1S/C20H26ClF3N2O/c21-16-12-7-13-17(18(16)20(22,23)24)25-19(27)26(14-8-3-1-4-9-14)15-10-5-2-6-11-15/h7,12-15H,1-6,8-11H2,(H,25,27). The van der Waals surface area contributed by atoms with Crippen molar-refractivity contribution in [3.8, 4) is 0 Å². The zero-order valence-corrected chi connectivity index (χ0v) is 16.1. The highest BCUT2D eigenvalue weighted by Gasteiger charge is 2.38. The van der Waals surface area contributed by atoms with Gasteiger partial charge in [-0.2, -0.15) is 13.2 Å². The smallest absolute Gasteiger partial charge is 0.319 e. The zero-order valence-electron chi connectivity index (χ0n) is 15.3. The molecule has 1 N–H and O–H groups in total. The van der Waals surface area contributed by atoms with Crippen molar-refractivity contribution in [2.75, 3.05) is 5.32 Å². The molecule has 1 aromatic rings. The van der Waals surface area contributed by atoms with E-state index < -0.39 is 22.8 Å². The molecule has 2 saturated carbocycles. The minimum absolute atomic E-state index is 0.107. The number of nitrogens with zero attached hydrogens (tertiary/aromatic N) is 1. The summed E-state index contributed by atoms with van der Waals surface area (Å²) in [4.78, 5) is 15.0. The number of hydrogen-bond acceptors (Lipinski definition) is 1. The van der Waals surface area contributed by atoms with Crippen LogP contribution in [-0.4, -0.2) is 23.0 Å². The van der Waals surface area contributed by atoms with Crippen LogP contribution in [0.4, 0.5) is 23.7 Å². The maximum absolute atomic E-state index is 13.4. The summed E-state index contributed by atoms with van der Waals surface area (Å²) in [5.74, 6) is 0. The van der Waals surface area contributed by atoms with Crippen LogP contribution in [0.2, 0.25) is 5.02 Å². The number of hydrogen-bond donors (Lipinski definition) is 1. The van der Waals surface area contributed by atoms with Crippen molar-refractivity contribution in [1.82, 2.24) is 4.90 Å². The molecule has 2 amide bonds. The van der Waals surface area contributed by atoms with Gasteiger partial charge in [-0.15, -0.1) is 0 Å². The first-order chi connectivity index (χ1) is 12.9. The fourth-order valence-electron chi connectivity index (χ4n) is 4.44. The number of anilines is 1. The molecule has 1 aromatic carbocycles. The van der Waals surface area contributed by atoms with Crippen molar-refractivity contribution in [2.45, 2.75) is 82.5 Å². The first-order valence-electron chi connectivity index (χ1n) is 9.83. The number of carbonyl (C=O) groups is 1. The molecule has 0 aliphatic heterocycles. The molecule has 2 aliphatic carbocycles. The van der Waals surface area contributed by atoms with E-state index in [4.69, 9.17) is 11.6 Å². The molecular formula is C20H26ClF3N2O. The van der Waals surface area contributed by atoms with Gasteiger partial charge in [-0.1, -0.05) is 56.2 Å². The van der Waals surface area contributed by atoms with Crippen molar-refractivity contribution >= 4 is 23.3 Å². The van der Waals surface area contributed by atoms with Crippen LogP contribution in [0, 0.1) is 0 Å². The van der Waals surface area contributed by atoms with Gasteiger partial charge >= 0.3 is 12.2 Å². The highest BCUT2D eigenvalue weighted by atomic mass is 35.5. The van der Waals surface area contributed by atoms with E-state index in [1.165, 1.54) is 18.2 Å². The summed E-state index contributed by atoms with van der Waals surface area (Å²) < 4.78 is 40.3. The van der Waals surface area contributed by atoms with Gasteiger partial charge in [0.1, 0.15) is 0 Å². The van der Waals surface area contributed by atoms with Crippen LogP contribution in [0.25, 0.3) is 0 Å². The molecule has 2 aliphatic rings. The molecule has 7 heteroatoms. The van der Waals surface area contributed by atoms with E-state index in [1.54, 1.807) is 0 Å². The van der Waals surface area contributed by atoms with E-state index in [2.05, 4.69) is 5.32 Å². The average molecular weight is 403 g/mol. The van der Waals surface area contributed by atoms with Crippen LogP contribution in [0.15, 0.2) is 18.2 Å². The van der Waals surface area contributed by atoms with Crippen LogP contribution in [0.5, 0.6) is 0 Å². The predicted molar refractivity (Wildman–Crippen MR) is 101 cm³/mol. The normalized spacial score (nSPS) is 19.7. The van der Waals surface area contributed by atoms with Gasteiger partial charge in [0, 0.05) is 12.1 Å². The van der Waals surface area contributed by atoms with Crippen LogP contribution in [-0.2, 0) is 6.18 Å². The van der Waals surface area contributed by atoms with Crippen LogP contribution >= 0.6 is 11.6 Å². The zero-order chi connectivity index (χ0) is 19.4. The Hall–Kier alpha value is -1.43. The molecule has 0 spiro atoms. The summed E-state index contributed by atoms with van der Waals surface area (Å²) in [6.45, 7) is 0. The van der Waals surface area contributed by atoms with Gasteiger partial charge in [-0.05, 0) is 37.8 Å². The molecule has 0 atom stereocenters. The number of urea groups is 1. The Morgan fingerprint density at radius 2 is 1.48 bits per heavy atom. The lowest BCUT2D eigenvalue weighted by molar-refractivity contribution is -0.136. The van der Waals surface area contributed by atoms with E-state index in [0.717, 1.165) is 64.2 Å². The molecule has 0 unspecified atom stereocenters. The Morgan fingerprint density at radius 3 is 1.96 bits per heavy atom. The highest BCUT2D eigenvalue weighted by molar-refractivity contribution is 6.32. The first-order valence-corrected chi connectivity index (χ1v) is 10.2. The Labute approximate surface area is 163 Å². The molecule has 3 nitrogen and oxygen atoms in total. The lowest BCUT2D eigenvalue weighted by Gasteiger charge is -2.41. The van der Waals surface area contributed by atoms with Gasteiger partial charge in [0.05, 0.1) is 16.3 Å². The fraction of sp³-hybridized carbons (Fsp3) is 0.650. The van der Waals surface area contributed by atoms with E-state index in [1.807, 2.05) is 4.90 Å². The number of nitrogens with one attached hydrogen (secondary N) is 1. The van der Waals surface area contributed by atoms with Crippen LogP contribution in [0.1, 0.15) is 69.8 Å². The minimum atomic E-state index is -4.62. The molecule has 0 saturated heterocycles. The first kappa shape index (κ1) is 20.3. The maximum Gasteiger partial charge on any atom is 0.419 e. The van der Waals surface area contributed by atoms with Gasteiger partial charge in [0.25, 0.3) is 0 Å². The molecule has 0 heterocycles. The van der Waals surface area contributed by atoms with E-state index in [0.29, 0.717) is 0 Å². The summed E-state index contributed by atoms with van der Waals surface area (Å²) in [6, 6.07) is 3.68. The minimum Gasteiger partial charge on any atom is -0.319 e. The van der Waals surface area contributed by atoms with Gasteiger partial charge < -0.3 is 10.2 Å². The molecule has 2 fully saturated rings. The quantitative estimate of drug-likeness (QED) is 0.588. The topological polar surface area (TPSA) is 32.3 Å². The van der Waals surface area contributed by atoms with E-state index >= 15 is 0 Å². The van der Waals surface area contributed by atoms with Crippen LogP contribution < -0.4 is 5.32 Å². The van der Waals surface area contributed by atoms with Crippen molar-refractivity contribution in [3.05, 3.63) is 28.8 Å². The van der Waals surface area contributed by atoms with Crippen LogP contribution in [0.3, 0.4) is 0 Å². The molecule has 0 aromatic heterocycles. The maximum atomic E-state index is 13.4. The van der Waals surface area contributed by atoms with Crippen molar-refractivity contribution < 1.29 is 18.0 Å². The number of benzene rings is 1. The van der Waals surface area contributed by atoms with Crippen molar-refractivity contribution in [3.63, 3.8) is 0 Å². The fourth-order valence-corrected chi connectivity index (χ4v) is 4.73. The summed E-state index contributed by atoms with van der Waals surface area (Å²) in [5, 5.41) is 2.13. The number of alkyl halides is 3. The number of amides is 2. The van der Waals surface area contributed by atoms with Crippen molar-refractivity contribution in [2.24, 2.45) is 0 Å². The second kappa shape index (κ2) is 8.72. The molecule has 0 bridgehead atoms. The molecule has 27 heavy (non-hydrogen) atoms. The third-order valence-electron chi connectivity index (χ3n) is 5.71. The van der Waals surface area contributed by atoms with Crippen molar-refractivity contribution in [1.29, 1.82) is 0 Å². The highest BCUT2D eigenvalue weighted by Crippen LogP contribution is 2.40. The lowest BCUT2D eigenvalue weighted by atomic mass is 9.89. The molecule has 0 radical (unpaired) electrons. The van der Waals surface area contributed by atoms with Gasteiger partial charge in [-0.25, -0.2) is 4.79 Å². The average Bonchev–Trinajstić information content (AvgIpc) is 2.62. The Bertz CT molecular complexity index is 635. The molecule has 3 rings (SSSR count). The monoisotopic (exact) mass is 402 g/mol. The summed E-state index contributed by atoms with van der Waals surface area (Å²) in [7, 11) is 0. The Morgan fingerprint density at radius 1 is 0.963 bits per heavy atom. The number of carbonyl (C=O) groups excluding carboxylic acids is 1. The lowest BCUT2D eigenvalue weighted by Crippen LogP contribution is -2.50. The Balaban J connectivity index is 1.85. The summed E-state index contributed by atoms with van der Waals surface area (Å²) in [5.41, 5.74) is -1.25. The van der Waals surface area contributed by atoms with Gasteiger partial charge in [0.2, 0.25) is 0 Å². The molecular weight excluding hydrogens is 377 g/mol. The van der Waals surface area contributed by atoms with Gasteiger partial charge in [-0.3, -0.25) is 0 Å². The van der Waals surface area contributed by atoms with E-state index in [-0.39, 0.29) is 17.8 Å². The molecule has 150 valence electrons. The Kier molecular flexibility index (Phi) is 6.56. The summed E-state index contributed by atoms with van der Waals surface area (Å²) >= 11 is 5.79. The third-order valence-corrected chi connectivity index (χ3v) is 6.02. The second-order valence-electron chi connectivity index (χ2n) is 7.58. The number of halogens is 4. The van der Waals surface area contributed by atoms with E-state index in [9.17, 15) is 18.0 Å².